The highest BCUT2D eigenvalue weighted by Crippen LogP contribution is 2.23. The minimum atomic E-state index is -0.147. The third-order valence-corrected chi connectivity index (χ3v) is 3.60. The van der Waals surface area contributed by atoms with Crippen molar-refractivity contribution in [2.45, 2.75) is 30.7 Å². The molecule has 1 rings (SSSR count). The maximum Gasteiger partial charge on any atom is 0.131 e. The van der Waals surface area contributed by atoms with E-state index < -0.39 is 0 Å². The van der Waals surface area contributed by atoms with Gasteiger partial charge in [-0.3, -0.25) is 0 Å². The molecular formula is C12H17ClOS. The summed E-state index contributed by atoms with van der Waals surface area (Å²) in [7, 11) is 0. The summed E-state index contributed by atoms with van der Waals surface area (Å²) in [6.07, 6.45) is 0.883. The van der Waals surface area contributed by atoms with Crippen molar-refractivity contribution in [1.29, 1.82) is 0 Å². The zero-order chi connectivity index (χ0) is 11.1. The van der Waals surface area contributed by atoms with Crippen LogP contribution in [0.5, 0.6) is 0 Å². The molecule has 1 aromatic rings. The van der Waals surface area contributed by atoms with Gasteiger partial charge >= 0.3 is 0 Å². The number of hydrogen-bond donors (Lipinski definition) is 0. The van der Waals surface area contributed by atoms with E-state index in [1.54, 1.807) is 0 Å². The van der Waals surface area contributed by atoms with Gasteiger partial charge in [-0.15, -0.1) is 11.8 Å². The van der Waals surface area contributed by atoms with E-state index in [2.05, 4.69) is 31.2 Å². The van der Waals surface area contributed by atoms with Gasteiger partial charge in [-0.05, 0) is 31.9 Å². The van der Waals surface area contributed by atoms with Gasteiger partial charge in [0.15, 0.2) is 0 Å². The zero-order valence-corrected chi connectivity index (χ0v) is 10.8. The van der Waals surface area contributed by atoms with Crippen LogP contribution in [0.25, 0.3) is 0 Å². The van der Waals surface area contributed by atoms with Crippen LogP contribution >= 0.6 is 23.4 Å². The Kier molecular flexibility index (Phi) is 6.15. The highest BCUT2D eigenvalue weighted by molar-refractivity contribution is 7.99. The van der Waals surface area contributed by atoms with Gasteiger partial charge in [-0.25, -0.2) is 0 Å². The molecule has 15 heavy (non-hydrogen) atoms. The molecule has 0 aliphatic heterocycles. The maximum atomic E-state index is 5.95. The topological polar surface area (TPSA) is 9.23 Å². The molecule has 1 aromatic carbocycles. The summed E-state index contributed by atoms with van der Waals surface area (Å²) in [6.45, 7) is 4.77. The number of alkyl halides is 1. The molecule has 0 aliphatic rings. The summed E-state index contributed by atoms with van der Waals surface area (Å²) in [4.78, 5) is 1.33. The average molecular weight is 245 g/mol. The van der Waals surface area contributed by atoms with Crippen LogP contribution < -0.4 is 0 Å². The Labute approximate surface area is 101 Å². The van der Waals surface area contributed by atoms with Crippen LogP contribution in [-0.2, 0) is 4.74 Å². The number of halogens is 1. The first-order chi connectivity index (χ1) is 7.24. The van der Waals surface area contributed by atoms with Crippen molar-refractivity contribution >= 4 is 23.4 Å². The van der Waals surface area contributed by atoms with Crippen molar-refractivity contribution in [3.63, 3.8) is 0 Å². The van der Waals surface area contributed by atoms with Crippen LogP contribution in [0, 0.1) is 6.92 Å². The van der Waals surface area contributed by atoms with Crippen LogP contribution in [0.4, 0.5) is 0 Å². The molecule has 0 aromatic heterocycles. The van der Waals surface area contributed by atoms with Crippen molar-refractivity contribution in [3.05, 3.63) is 29.8 Å². The van der Waals surface area contributed by atoms with E-state index in [0.29, 0.717) is 6.61 Å². The van der Waals surface area contributed by atoms with E-state index in [0.717, 1.165) is 12.2 Å². The van der Waals surface area contributed by atoms with Crippen molar-refractivity contribution in [3.8, 4) is 0 Å². The summed E-state index contributed by atoms with van der Waals surface area (Å²) in [5.74, 6) is 0.999. The average Bonchev–Trinajstić information content (AvgIpc) is 2.21. The highest BCUT2D eigenvalue weighted by Gasteiger charge is 2.04. The van der Waals surface area contributed by atoms with Crippen LogP contribution in [0.2, 0.25) is 0 Å². The Morgan fingerprint density at radius 1 is 1.40 bits per heavy atom. The predicted octanol–water partition coefficient (Wildman–Crippen LogP) is 4.08. The molecule has 0 bridgehead atoms. The molecule has 0 saturated carbocycles. The standard InChI is InChI=1S/C12H17ClOS/c1-3-14-12(13)8-9-15-11-7-5-4-6-10(11)2/h4-7,12H,3,8-9H2,1-2H3. The van der Waals surface area contributed by atoms with Crippen molar-refractivity contribution < 1.29 is 4.74 Å². The number of aryl methyl sites for hydroxylation is 1. The van der Waals surface area contributed by atoms with Crippen molar-refractivity contribution in [2.24, 2.45) is 0 Å². The Bertz CT molecular complexity index is 291. The van der Waals surface area contributed by atoms with Crippen LogP contribution in [0.1, 0.15) is 18.9 Å². The van der Waals surface area contributed by atoms with Gasteiger partial charge in [0.05, 0.1) is 0 Å². The second-order valence-electron chi connectivity index (χ2n) is 3.27. The molecule has 0 fully saturated rings. The second kappa shape index (κ2) is 7.15. The molecule has 1 atom stereocenters. The zero-order valence-electron chi connectivity index (χ0n) is 9.20. The number of hydrogen-bond acceptors (Lipinski definition) is 2. The molecule has 1 nitrogen and oxygen atoms in total. The largest absolute Gasteiger partial charge is 0.363 e. The van der Waals surface area contributed by atoms with Crippen LogP contribution in [-0.4, -0.2) is 17.9 Å². The number of benzene rings is 1. The Morgan fingerprint density at radius 2 is 2.13 bits per heavy atom. The lowest BCUT2D eigenvalue weighted by atomic mass is 10.2. The first-order valence-corrected chi connectivity index (χ1v) is 6.60. The number of thioether (sulfide) groups is 1. The molecule has 3 heteroatoms. The van der Waals surface area contributed by atoms with Gasteiger partial charge in [-0.1, -0.05) is 29.8 Å². The van der Waals surface area contributed by atoms with Gasteiger partial charge in [0, 0.05) is 17.3 Å². The fraction of sp³-hybridized carbons (Fsp3) is 0.500. The monoisotopic (exact) mass is 244 g/mol. The molecule has 84 valence electrons. The second-order valence-corrected chi connectivity index (χ2v) is 4.89. The Morgan fingerprint density at radius 3 is 2.80 bits per heavy atom. The fourth-order valence-electron chi connectivity index (χ4n) is 1.24. The summed E-state index contributed by atoms with van der Waals surface area (Å²) in [5, 5.41) is 0. The van der Waals surface area contributed by atoms with E-state index in [9.17, 15) is 0 Å². The predicted molar refractivity (Wildman–Crippen MR) is 67.8 cm³/mol. The van der Waals surface area contributed by atoms with Gasteiger partial charge in [0.1, 0.15) is 5.56 Å². The molecule has 0 spiro atoms. The third-order valence-electron chi connectivity index (χ3n) is 2.04. The minimum Gasteiger partial charge on any atom is -0.363 e. The quantitative estimate of drug-likeness (QED) is 0.551. The maximum absolute atomic E-state index is 5.95. The molecular weight excluding hydrogens is 228 g/mol. The summed E-state index contributed by atoms with van der Waals surface area (Å²) >= 11 is 7.79. The van der Waals surface area contributed by atoms with Gasteiger partial charge in [-0.2, -0.15) is 0 Å². The van der Waals surface area contributed by atoms with Gasteiger partial charge in [0.25, 0.3) is 0 Å². The first kappa shape index (κ1) is 12.9. The lowest BCUT2D eigenvalue weighted by Crippen LogP contribution is -2.05. The van der Waals surface area contributed by atoms with Crippen molar-refractivity contribution in [1.82, 2.24) is 0 Å². The highest BCUT2D eigenvalue weighted by atomic mass is 35.5. The molecule has 0 N–H and O–H groups in total. The SMILES string of the molecule is CCOC(Cl)CCSc1ccccc1C. The molecule has 0 aliphatic carbocycles. The Balaban J connectivity index is 2.29. The van der Waals surface area contributed by atoms with E-state index in [1.807, 2.05) is 18.7 Å². The first-order valence-electron chi connectivity index (χ1n) is 5.18. The van der Waals surface area contributed by atoms with Crippen molar-refractivity contribution in [2.75, 3.05) is 12.4 Å². The Hall–Kier alpha value is -0.180. The molecule has 1 unspecified atom stereocenters. The normalized spacial score (nSPS) is 12.7. The van der Waals surface area contributed by atoms with E-state index in [4.69, 9.17) is 16.3 Å². The third kappa shape index (κ3) is 4.92. The van der Waals surface area contributed by atoms with E-state index >= 15 is 0 Å². The van der Waals surface area contributed by atoms with E-state index in [-0.39, 0.29) is 5.56 Å². The van der Waals surface area contributed by atoms with Gasteiger partial charge < -0.3 is 4.74 Å². The van der Waals surface area contributed by atoms with Crippen LogP contribution in [0.15, 0.2) is 29.2 Å². The summed E-state index contributed by atoms with van der Waals surface area (Å²) in [6, 6.07) is 8.40. The van der Waals surface area contributed by atoms with E-state index in [1.165, 1.54) is 10.5 Å². The lowest BCUT2D eigenvalue weighted by molar-refractivity contribution is 0.118. The molecule has 0 saturated heterocycles. The summed E-state index contributed by atoms with van der Waals surface area (Å²) in [5.41, 5.74) is 1.18. The molecule has 0 heterocycles. The van der Waals surface area contributed by atoms with Gasteiger partial charge in [0.2, 0.25) is 0 Å². The molecule has 0 radical (unpaired) electrons. The summed E-state index contributed by atoms with van der Waals surface area (Å²) < 4.78 is 5.26. The minimum absolute atomic E-state index is 0.147. The van der Waals surface area contributed by atoms with Crippen LogP contribution in [0.3, 0.4) is 0 Å². The fourth-order valence-corrected chi connectivity index (χ4v) is 2.63. The molecule has 0 amide bonds. The number of ether oxygens (including phenoxy) is 1. The number of rotatable bonds is 6. The lowest BCUT2D eigenvalue weighted by Gasteiger charge is -2.09. The smallest absolute Gasteiger partial charge is 0.131 e.